The molecule has 3 rings (SSSR count). The summed E-state index contributed by atoms with van der Waals surface area (Å²) in [5.41, 5.74) is 0.932. The molecule has 1 atom stereocenters. The lowest BCUT2D eigenvalue weighted by molar-refractivity contribution is 0.365. The van der Waals surface area contributed by atoms with E-state index in [1.807, 2.05) is 24.3 Å². The van der Waals surface area contributed by atoms with Crippen molar-refractivity contribution in [1.29, 1.82) is 0 Å². The number of halogens is 1. The second-order valence-electron chi connectivity index (χ2n) is 4.92. The van der Waals surface area contributed by atoms with E-state index in [-0.39, 0.29) is 0 Å². The van der Waals surface area contributed by atoms with E-state index in [2.05, 4.69) is 15.5 Å². The van der Waals surface area contributed by atoms with E-state index >= 15 is 0 Å². The van der Waals surface area contributed by atoms with Gasteiger partial charge in [0, 0.05) is 17.0 Å². The van der Waals surface area contributed by atoms with Crippen LogP contribution in [0.4, 0.5) is 0 Å². The van der Waals surface area contributed by atoms with Crippen LogP contribution in [0.15, 0.2) is 28.8 Å². The maximum Gasteiger partial charge on any atom is 0.226 e. The fourth-order valence-corrected chi connectivity index (χ4v) is 2.49. The molecule has 100 valence electrons. The molecule has 19 heavy (non-hydrogen) atoms. The fraction of sp³-hybridized carbons (Fsp3) is 0.429. The summed E-state index contributed by atoms with van der Waals surface area (Å²) in [6, 6.07) is 7.46. The molecule has 0 amide bonds. The van der Waals surface area contributed by atoms with Gasteiger partial charge in [0.05, 0.1) is 0 Å². The Morgan fingerprint density at radius 3 is 2.89 bits per heavy atom. The van der Waals surface area contributed by atoms with Gasteiger partial charge in [-0.2, -0.15) is 4.98 Å². The average molecular weight is 278 g/mol. The highest BCUT2D eigenvalue weighted by molar-refractivity contribution is 6.30. The molecule has 1 aliphatic heterocycles. The van der Waals surface area contributed by atoms with Gasteiger partial charge in [-0.05, 0) is 56.1 Å². The van der Waals surface area contributed by atoms with Gasteiger partial charge in [0.2, 0.25) is 11.7 Å². The van der Waals surface area contributed by atoms with Crippen molar-refractivity contribution >= 4 is 11.6 Å². The standard InChI is InChI=1S/C14H16ClN3O/c15-12-4-2-11(3-5-12)14-17-13(19-18-14)6-1-10-7-8-16-9-10/h2-5,10,16H,1,6-9H2. The van der Waals surface area contributed by atoms with Crippen molar-refractivity contribution in [3.05, 3.63) is 35.2 Å². The maximum absolute atomic E-state index is 5.86. The van der Waals surface area contributed by atoms with Gasteiger partial charge in [0.1, 0.15) is 0 Å². The Labute approximate surface area is 117 Å². The third-order valence-electron chi connectivity index (χ3n) is 3.50. The number of hydrogen-bond acceptors (Lipinski definition) is 4. The number of hydrogen-bond donors (Lipinski definition) is 1. The molecule has 0 bridgehead atoms. The lowest BCUT2D eigenvalue weighted by Crippen LogP contribution is -2.09. The molecule has 1 saturated heterocycles. The van der Waals surface area contributed by atoms with Crippen molar-refractivity contribution < 1.29 is 4.52 Å². The molecule has 0 saturated carbocycles. The number of aromatic nitrogens is 2. The minimum Gasteiger partial charge on any atom is -0.339 e. The van der Waals surface area contributed by atoms with Gasteiger partial charge in [0.25, 0.3) is 0 Å². The van der Waals surface area contributed by atoms with Crippen LogP contribution in [-0.4, -0.2) is 23.2 Å². The zero-order valence-corrected chi connectivity index (χ0v) is 11.4. The average Bonchev–Trinajstić information content (AvgIpc) is 3.09. The number of nitrogens with zero attached hydrogens (tertiary/aromatic N) is 2. The van der Waals surface area contributed by atoms with Crippen molar-refractivity contribution in [2.75, 3.05) is 13.1 Å². The van der Waals surface area contributed by atoms with Gasteiger partial charge in [-0.1, -0.05) is 16.8 Å². The van der Waals surface area contributed by atoms with Crippen molar-refractivity contribution in [2.45, 2.75) is 19.3 Å². The van der Waals surface area contributed by atoms with E-state index in [0.717, 1.165) is 43.3 Å². The summed E-state index contributed by atoms with van der Waals surface area (Å²) in [6.07, 6.45) is 3.21. The first-order valence-electron chi connectivity index (χ1n) is 6.60. The largest absolute Gasteiger partial charge is 0.339 e. The second kappa shape index (κ2) is 5.72. The minimum absolute atomic E-state index is 0.635. The molecule has 5 heteroatoms. The Hall–Kier alpha value is -1.39. The summed E-state index contributed by atoms with van der Waals surface area (Å²) in [4.78, 5) is 4.43. The SMILES string of the molecule is Clc1ccc(-c2noc(CCC3CCNC3)n2)cc1. The van der Waals surface area contributed by atoms with Crippen LogP contribution in [0.3, 0.4) is 0 Å². The molecule has 2 aromatic rings. The normalized spacial score (nSPS) is 18.9. The van der Waals surface area contributed by atoms with Crippen LogP contribution in [0.1, 0.15) is 18.7 Å². The second-order valence-corrected chi connectivity index (χ2v) is 5.35. The third-order valence-corrected chi connectivity index (χ3v) is 3.75. The van der Waals surface area contributed by atoms with E-state index in [1.54, 1.807) is 0 Å². The summed E-state index contributed by atoms with van der Waals surface area (Å²) in [5.74, 6) is 2.10. The van der Waals surface area contributed by atoms with E-state index in [0.29, 0.717) is 10.8 Å². The number of aryl methyl sites for hydroxylation is 1. The Bertz CT molecular complexity index is 532. The van der Waals surface area contributed by atoms with Crippen LogP contribution in [0.2, 0.25) is 5.02 Å². The Balaban J connectivity index is 1.63. The first kappa shape index (κ1) is 12.6. The molecular formula is C14H16ClN3O. The zero-order valence-electron chi connectivity index (χ0n) is 10.6. The van der Waals surface area contributed by atoms with Crippen molar-refractivity contribution in [2.24, 2.45) is 5.92 Å². The zero-order chi connectivity index (χ0) is 13.1. The number of rotatable bonds is 4. The van der Waals surface area contributed by atoms with Crippen LogP contribution in [0.5, 0.6) is 0 Å². The first-order chi connectivity index (χ1) is 9.31. The summed E-state index contributed by atoms with van der Waals surface area (Å²) in [6.45, 7) is 2.24. The van der Waals surface area contributed by atoms with Gasteiger partial charge >= 0.3 is 0 Å². The molecule has 1 aromatic heterocycles. The first-order valence-corrected chi connectivity index (χ1v) is 6.98. The molecule has 0 radical (unpaired) electrons. The van der Waals surface area contributed by atoms with E-state index < -0.39 is 0 Å². The molecule has 1 aliphatic rings. The predicted molar refractivity (Wildman–Crippen MR) is 74.0 cm³/mol. The maximum atomic E-state index is 5.86. The van der Waals surface area contributed by atoms with E-state index in [1.165, 1.54) is 6.42 Å². The summed E-state index contributed by atoms with van der Waals surface area (Å²) < 4.78 is 5.29. The van der Waals surface area contributed by atoms with E-state index in [9.17, 15) is 0 Å². The fourth-order valence-electron chi connectivity index (χ4n) is 2.36. The van der Waals surface area contributed by atoms with E-state index in [4.69, 9.17) is 16.1 Å². The van der Waals surface area contributed by atoms with Gasteiger partial charge in [0.15, 0.2) is 0 Å². The van der Waals surface area contributed by atoms with Gasteiger partial charge in [-0.15, -0.1) is 0 Å². The van der Waals surface area contributed by atoms with Crippen molar-refractivity contribution in [3.63, 3.8) is 0 Å². The molecule has 2 heterocycles. The molecule has 0 aliphatic carbocycles. The number of nitrogens with one attached hydrogen (secondary N) is 1. The molecule has 4 nitrogen and oxygen atoms in total. The van der Waals surface area contributed by atoms with Gasteiger partial charge in [-0.25, -0.2) is 0 Å². The summed E-state index contributed by atoms with van der Waals surface area (Å²) >= 11 is 5.86. The molecule has 1 N–H and O–H groups in total. The monoisotopic (exact) mass is 277 g/mol. The van der Waals surface area contributed by atoms with Crippen LogP contribution in [0, 0.1) is 5.92 Å². The molecule has 0 spiro atoms. The highest BCUT2D eigenvalue weighted by atomic mass is 35.5. The Kier molecular flexibility index (Phi) is 3.80. The van der Waals surface area contributed by atoms with Crippen molar-refractivity contribution in [3.8, 4) is 11.4 Å². The molecule has 1 aromatic carbocycles. The smallest absolute Gasteiger partial charge is 0.226 e. The Morgan fingerprint density at radius 1 is 1.32 bits per heavy atom. The molecule has 1 fully saturated rings. The third kappa shape index (κ3) is 3.14. The minimum atomic E-state index is 0.635. The summed E-state index contributed by atoms with van der Waals surface area (Å²) in [5, 5.41) is 8.09. The summed E-state index contributed by atoms with van der Waals surface area (Å²) in [7, 11) is 0. The molecular weight excluding hydrogens is 262 g/mol. The lowest BCUT2D eigenvalue weighted by Gasteiger charge is -2.03. The lowest BCUT2D eigenvalue weighted by atomic mass is 10.0. The predicted octanol–water partition coefficient (Wildman–Crippen LogP) is 2.93. The highest BCUT2D eigenvalue weighted by Gasteiger charge is 2.16. The van der Waals surface area contributed by atoms with Crippen LogP contribution in [0.25, 0.3) is 11.4 Å². The van der Waals surface area contributed by atoms with Crippen molar-refractivity contribution in [1.82, 2.24) is 15.5 Å². The quantitative estimate of drug-likeness (QED) is 0.934. The topological polar surface area (TPSA) is 51.0 Å². The van der Waals surface area contributed by atoms with Crippen LogP contribution < -0.4 is 5.32 Å². The Morgan fingerprint density at radius 2 is 2.16 bits per heavy atom. The van der Waals surface area contributed by atoms with Gasteiger partial charge in [-0.3, -0.25) is 0 Å². The molecule has 1 unspecified atom stereocenters. The highest BCUT2D eigenvalue weighted by Crippen LogP contribution is 2.20. The van der Waals surface area contributed by atoms with Crippen LogP contribution in [-0.2, 0) is 6.42 Å². The number of benzene rings is 1. The van der Waals surface area contributed by atoms with Gasteiger partial charge < -0.3 is 9.84 Å². The van der Waals surface area contributed by atoms with Crippen LogP contribution >= 0.6 is 11.6 Å².